The van der Waals surface area contributed by atoms with Gasteiger partial charge >= 0.3 is 12.2 Å². The molecule has 2 aromatic rings. The first-order valence-electron chi connectivity index (χ1n) is 10.1. The van der Waals surface area contributed by atoms with E-state index >= 15 is 0 Å². The molecule has 0 saturated carbocycles. The second-order valence-corrected chi connectivity index (χ2v) is 7.81. The summed E-state index contributed by atoms with van der Waals surface area (Å²) in [6.45, 7) is 0.0812. The molecule has 4 rings (SSSR count). The number of carbonyl (C=O) groups is 2. The Balaban J connectivity index is 1.67. The highest BCUT2D eigenvalue weighted by Gasteiger charge is 2.43. The molecule has 0 fully saturated rings. The summed E-state index contributed by atoms with van der Waals surface area (Å²) in [6, 6.07) is 8.79. The Labute approximate surface area is 188 Å². The number of hydrogen-bond donors (Lipinski definition) is 1. The van der Waals surface area contributed by atoms with Crippen LogP contribution < -0.4 is 14.8 Å². The molecule has 0 spiro atoms. The largest absolute Gasteiger partial charge is 0.497 e. The molecule has 10 heteroatoms. The Kier molecular flexibility index (Phi) is 5.69. The van der Waals surface area contributed by atoms with Gasteiger partial charge in [-0.25, -0.2) is 4.79 Å². The number of benzene rings is 2. The fourth-order valence-electron chi connectivity index (χ4n) is 4.06. The highest BCUT2D eigenvalue weighted by atomic mass is 19.4. The summed E-state index contributed by atoms with van der Waals surface area (Å²) in [5.41, 5.74) is 1.02. The molecule has 0 aromatic heterocycles. The van der Waals surface area contributed by atoms with E-state index in [4.69, 9.17) is 9.47 Å². The molecule has 2 heterocycles. The lowest BCUT2D eigenvalue weighted by Crippen LogP contribution is -2.45. The number of methoxy groups -OCH3 is 2. The van der Waals surface area contributed by atoms with Crippen LogP contribution in [0.2, 0.25) is 0 Å². The number of hydrogen-bond acceptors (Lipinski definition) is 4. The van der Waals surface area contributed by atoms with Gasteiger partial charge in [0.1, 0.15) is 11.5 Å². The molecule has 7 nitrogen and oxygen atoms in total. The van der Waals surface area contributed by atoms with Crippen LogP contribution >= 0.6 is 0 Å². The van der Waals surface area contributed by atoms with Crippen molar-refractivity contribution in [3.63, 3.8) is 0 Å². The number of amides is 3. The molecule has 2 aliphatic heterocycles. The summed E-state index contributed by atoms with van der Waals surface area (Å²) in [6.07, 6.45) is -4.48. The smallest absolute Gasteiger partial charge is 0.416 e. The van der Waals surface area contributed by atoms with Gasteiger partial charge in [0.05, 0.1) is 43.6 Å². The van der Waals surface area contributed by atoms with Crippen molar-refractivity contribution in [1.82, 2.24) is 15.1 Å². The number of halogens is 3. The molecule has 0 aliphatic carbocycles. The zero-order valence-corrected chi connectivity index (χ0v) is 18.2. The summed E-state index contributed by atoms with van der Waals surface area (Å²) < 4.78 is 49.9. The Hall–Kier alpha value is -3.69. The van der Waals surface area contributed by atoms with Crippen LogP contribution in [0.15, 0.2) is 53.7 Å². The number of rotatable bonds is 5. The lowest BCUT2D eigenvalue weighted by molar-refractivity contribution is -0.137. The van der Waals surface area contributed by atoms with Gasteiger partial charge in [-0.3, -0.25) is 9.69 Å². The fourth-order valence-corrected chi connectivity index (χ4v) is 4.06. The van der Waals surface area contributed by atoms with Crippen LogP contribution in [0, 0.1) is 0 Å². The molecule has 0 radical (unpaired) electrons. The van der Waals surface area contributed by atoms with Gasteiger partial charge in [-0.05, 0) is 35.4 Å². The molecular formula is C23H22F3N3O4. The molecule has 0 unspecified atom stereocenters. The molecule has 0 saturated heterocycles. The van der Waals surface area contributed by atoms with E-state index in [-0.39, 0.29) is 19.0 Å². The average molecular weight is 461 g/mol. The van der Waals surface area contributed by atoms with Crippen molar-refractivity contribution >= 4 is 11.9 Å². The van der Waals surface area contributed by atoms with Crippen LogP contribution in [0.3, 0.4) is 0 Å². The molecule has 174 valence electrons. The zero-order chi connectivity index (χ0) is 23.9. The third-order valence-corrected chi connectivity index (χ3v) is 5.77. The maximum atomic E-state index is 13.4. The second-order valence-electron chi connectivity index (χ2n) is 7.81. The highest BCUT2D eigenvalue weighted by molar-refractivity contribution is 6.01. The van der Waals surface area contributed by atoms with Crippen LogP contribution in [-0.4, -0.2) is 49.6 Å². The minimum atomic E-state index is -4.48. The van der Waals surface area contributed by atoms with Crippen molar-refractivity contribution in [3.05, 3.63) is 70.4 Å². The molecule has 1 atom stereocenters. The Morgan fingerprint density at radius 1 is 1.06 bits per heavy atom. The normalized spacial score (nSPS) is 18.4. The third kappa shape index (κ3) is 4.20. The van der Waals surface area contributed by atoms with Crippen molar-refractivity contribution in [2.24, 2.45) is 0 Å². The number of alkyl halides is 3. The summed E-state index contributed by atoms with van der Waals surface area (Å²) in [4.78, 5) is 28.8. The van der Waals surface area contributed by atoms with Gasteiger partial charge in [0.25, 0.3) is 5.91 Å². The number of carbonyl (C=O) groups excluding carboxylic acids is 2. The maximum Gasteiger partial charge on any atom is 0.416 e. The number of urea groups is 1. The van der Waals surface area contributed by atoms with Crippen LogP contribution in [0.4, 0.5) is 18.0 Å². The Bertz CT molecular complexity index is 1120. The monoisotopic (exact) mass is 461 g/mol. The minimum absolute atomic E-state index is 0.0219. The van der Waals surface area contributed by atoms with Gasteiger partial charge in [0.2, 0.25) is 0 Å². The van der Waals surface area contributed by atoms with Crippen molar-refractivity contribution < 1.29 is 32.2 Å². The van der Waals surface area contributed by atoms with E-state index in [2.05, 4.69) is 5.32 Å². The first-order chi connectivity index (χ1) is 15.6. The van der Waals surface area contributed by atoms with Gasteiger partial charge in [0, 0.05) is 19.7 Å². The molecule has 3 amide bonds. The Morgan fingerprint density at radius 3 is 2.33 bits per heavy atom. The quantitative estimate of drug-likeness (QED) is 0.737. The molecule has 2 aliphatic rings. The van der Waals surface area contributed by atoms with E-state index in [9.17, 15) is 22.8 Å². The van der Waals surface area contributed by atoms with Crippen LogP contribution in [0.5, 0.6) is 11.5 Å². The van der Waals surface area contributed by atoms with Crippen molar-refractivity contribution in [3.8, 4) is 11.5 Å². The van der Waals surface area contributed by atoms with Crippen LogP contribution in [-0.2, 0) is 17.5 Å². The number of nitrogens with one attached hydrogen (secondary N) is 1. The fraction of sp³-hybridized carbons (Fsp3) is 0.304. The lowest BCUT2D eigenvalue weighted by Gasteiger charge is -2.31. The number of ether oxygens (including phenoxy) is 2. The van der Waals surface area contributed by atoms with E-state index in [1.54, 1.807) is 25.2 Å². The van der Waals surface area contributed by atoms with E-state index < -0.39 is 23.8 Å². The van der Waals surface area contributed by atoms with Crippen molar-refractivity contribution in [2.45, 2.75) is 18.8 Å². The van der Waals surface area contributed by atoms with E-state index in [1.807, 2.05) is 0 Å². The summed E-state index contributed by atoms with van der Waals surface area (Å²) in [5.74, 6) is 0.623. The van der Waals surface area contributed by atoms with Crippen LogP contribution in [0.25, 0.3) is 0 Å². The van der Waals surface area contributed by atoms with Gasteiger partial charge in [-0.1, -0.05) is 12.1 Å². The molecule has 0 bridgehead atoms. The molecule has 1 N–H and O–H groups in total. The SMILES string of the molecule is COc1cc(OC)cc([C@H]2NC(=O)N(C)C3=C2C(=O)N(Cc2cccc(C(F)(F)F)c2)C3)c1. The maximum absolute atomic E-state index is 13.4. The summed E-state index contributed by atoms with van der Waals surface area (Å²) in [5, 5.41) is 2.82. The standard InChI is InChI=1S/C23H22F3N3O4/c1-28-18-12-29(11-13-5-4-6-15(7-13)23(24,25)26)21(30)19(18)20(27-22(28)31)14-8-16(32-2)10-17(9-14)33-3/h4-10,20H,11-12H2,1-3H3,(H,27,31)/t20-/m1/s1. The van der Waals surface area contributed by atoms with E-state index in [1.165, 1.54) is 36.2 Å². The van der Waals surface area contributed by atoms with E-state index in [0.29, 0.717) is 33.9 Å². The number of likely N-dealkylation sites (N-methyl/N-ethyl adjacent to an activating group) is 1. The predicted octanol–water partition coefficient (Wildman–Crippen LogP) is 3.72. The lowest BCUT2D eigenvalue weighted by atomic mass is 9.95. The second kappa shape index (κ2) is 8.34. The summed E-state index contributed by atoms with van der Waals surface area (Å²) >= 11 is 0. The van der Waals surface area contributed by atoms with E-state index in [0.717, 1.165) is 12.1 Å². The Morgan fingerprint density at radius 2 is 1.73 bits per heavy atom. The molecule has 2 aromatic carbocycles. The zero-order valence-electron chi connectivity index (χ0n) is 18.2. The highest BCUT2D eigenvalue weighted by Crippen LogP contribution is 2.39. The third-order valence-electron chi connectivity index (χ3n) is 5.77. The van der Waals surface area contributed by atoms with Gasteiger partial charge < -0.3 is 19.7 Å². The topological polar surface area (TPSA) is 71.1 Å². The summed E-state index contributed by atoms with van der Waals surface area (Å²) in [7, 11) is 4.54. The minimum Gasteiger partial charge on any atom is -0.497 e. The molecular weight excluding hydrogens is 439 g/mol. The first kappa shape index (κ1) is 22.5. The van der Waals surface area contributed by atoms with Crippen molar-refractivity contribution in [1.29, 1.82) is 0 Å². The predicted molar refractivity (Wildman–Crippen MR) is 112 cm³/mol. The van der Waals surface area contributed by atoms with Gasteiger partial charge in [-0.15, -0.1) is 0 Å². The van der Waals surface area contributed by atoms with Crippen LogP contribution in [0.1, 0.15) is 22.7 Å². The first-order valence-corrected chi connectivity index (χ1v) is 10.1. The number of nitrogens with zero attached hydrogens (tertiary/aromatic N) is 2. The average Bonchev–Trinajstić information content (AvgIpc) is 3.11. The van der Waals surface area contributed by atoms with Gasteiger partial charge in [-0.2, -0.15) is 13.2 Å². The van der Waals surface area contributed by atoms with Crippen molar-refractivity contribution in [2.75, 3.05) is 27.8 Å². The molecule has 33 heavy (non-hydrogen) atoms. The van der Waals surface area contributed by atoms with Gasteiger partial charge in [0.15, 0.2) is 0 Å².